The van der Waals surface area contributed by atoms with Gasteiger partial charge in [-0.05, 0) is 42.5 Å². The van der Waals surface area contributed by atoms with Gasteiger partial charge in [0.25, 0.3) is 0 Å². The molecule has 0 radical (unpaired) electrons. The van der Waals surface area contributed by atoms with Gasteiger partial charge in [-0.3, -0.25) is 0 Å². The Balaban J connectivity index is 1.58. The van der Waals surface area contributed by atoms with Crippen molar-refractivity contribution in [3.05, 3.63) is 109 Å². The third-order valence-corrected chi connectivity index (χ3v) is 5.66. The van der Waals surface area contributed by atoms with Crippen LogP contribution in [0.5, 0.6) is 5.75 Å². The summed E-state index contributed by atoms with van der Waals surface area (Å²) in [6, 6.07) is 20.3. The molecule has 0 amide bonds. The number of ether oxygens (including phenoxy) is 1. The van der Waals surface area contributed by atoms with E-state index in [-0.39, 0.29) is 17.8 Å². The summed E-state index contributed by atoms with van der Waals surface area (Å²) in [6.07, 6.45) is 0. The largest absolute Gasteiger partial charge is 0.489 e. The number of benzene rings is 3. The minimum absolute atomic E-state index is 0.238. The van der Waals surface area contributed by atoms with Gasteiger partial charge in [0, 0.05) is 44.1 Å². The van der Waals surface area contributed by atoms with Gasteiger partial charge in [-0.25, -0.2) is 9.59 Å². The summed E-state index contributed by atoms with van der Waals surface area (Å²) in [4.78, 5) is 24.9. The first-order valence-corrected chi connectivity index (χ1v) is 10.4. The topological polar surface area (TPSA) is 69.7 Å². The first-order chi connectivity index (χ1) is 15.5. The molecule has 0 bridgehead atoms. The quantitative estimate of drug-likeness (QED) is 0.285. The molecule has 2 aromatic heterocycles. The highest BCUT2D eigenvalue weighted by atomic mass is 35.5. The van der Waals surface area contributed by atoms with Crippen LogP contribution in [-0.4, -0.2) is 0 Å². The molecule has 0 atom stereocenters. The van der Waals surface area contributed by atoms with Crippen molar-refractivity contribution in [1.82, 2.24) is 0 Å². The lowest BCUT2D eigenvalue weighted by Crippen LogP contribution is -2.06. The van der Waals surface area contributed by atoms with Gasteiger partial charge in [0.1, 0.15) is 23.5 Å². The summed E-state index contributed by atoms with van der Waals surface area (Å²) in [7, 11) is 0. The molecular weight excluding hydrogens is 451 g/mol. The van der Waals surface area contributed by atoms with E-state index in [0.717, 1.165) is 5.56 Å². The van der Waals surface area contributed by atoms with Crippen LogP contribution in [0.3, 0.4) is 0 Å². The Morgan fingerprint density at radius 3 is 2.47 bits per heavy atom. The Hall–Kier alpha value is -3.54. The zero-order valence-electron chi connectivity index (χ0n) is 16.4. The summed E-state index contributed by atoms with van der Waals surface area (Å²) in [6.45, 7) is 0.254. The number of fused-ring (bicyclic) bond motifs is 2. The van der Waals surface area contributed by atoms with Crippen LogP contribution in [0.1, 0.15) is 5.56 Å². The van der Waals surface area contributed by atoms with Crippen molar-refractivity contribution in [2.24, 2.45) is 0 Å². The fraction of sp³-hybridized carbons (Fsp3) is 0.0400. The number of halogens is 2. The predicted octanol–water partition coefficient (Wildman–Crippen LogP) is 6.45. The van der Waals surface area contributed by atoms with Crippen LogP contribution in [0.15, 0.2) is 91.2 Å². The van der Waals surface area contributed by atoms with Crippen molar-refractivity contribution < 1.29 is 13.6 Å². The lowest BCUT2D eigenvalue weighted by molar-refractivity contribution is 0.306. The van der Waals surface area contributed by atoms with Crippen LogP contribution >= 0.6 is 23.2 Å². The predicted molar refractivity (Wildman–Crippen MR) is 125 cm³/mol. The molecule has 32 heavy (non-hydrogen) atoms. The summed E-state index contributed by atoms with van der Waals surface area (Å²) in [5, 5.41) is 2.33. The molecule has 2 heterocycles. The second-order valence-electron chi connectivity index (χ2n) is 7.15. The van der Waals surface area contributed by atoms with Gasteiger partial charge in [-0.1, -0.05) is 41.4 Å². The van der Waals surface area contributed by atoms with Gasteiger partial charge >= 0.3 is 11.3 Å². The highest BCUT2D eigenvalue weighted by Crippen LogP contribution is 2.30. The van der Waals surface area contributed by atoms with Gasteiger partial charge in [0.2, 0.25) is 0 Å². The fourth-order valence-electron chi connectivity index (χ4n) is 3.51. The molecular formula is C25H14Cl2O5. The lowest BCUT2D eigenvalue weighted by Gasteiger charge is -2.10. The summed E-state index contributed by atoms with van der Waals surface area (Å²) in [5.41, 5.74) is 1.01. The van der Waals surface area contributed by atoms with E-state index < -0.39 is 11.3 Å². The Bertz CT molecular complexity index is 1600. The molecule has 0 saturated carbocycles. The van der Waals surface area contributed by atoms with Crippen molar-refractivity contribution in [2.75, 3.05) is 0 Å². The Morgan fingerprint density at radius 2 is 1.62 bits per heavy atom. The van der Waals surface area contributed by atoms with Crippen molar-refractivity contribution in [2.45, 2.75) is 6.61 Å². The molecule has 3 aromatic carbocycles. The van der Waals surface area contributed by atoms with E-state index in [4.69, 9.17) is 36.8 Å². The SMILES string of the molecule is O=c1cc(-c2cc3cc(Cl)ccc3oc2=O)c2ccc(OCc3ccccc3Cl)cc2o1. The molecule has 5 nitrogen and oxygen atoms in total. The first-order valence-electron chi connectivity index (χ1n) is 9.66. The second-order valence-corrected chi connectivity index (χ2v) is 7.99. The average Bonchev–Trinajstić information content (AvgIpc) is 2.77. The molecule has 7 heteroatoms. The minimum atomic E-state index is -0.596. The molecule has 0 N–H and O–H groups in total. The summed E-state index contributed by atoms with van der Waals surface area (Å²) in [5.74, 6) is 0.495. The Labute approximate surface area is 191 Å². The molecule has 158 valence electrons. The van der Waals surface area contributed by atoms with E-state index in [9.17, 15) is 9.59 Å². The molecule has 0 aliphatic heterocycles. The van der Waals surface area contributed by atoms with Crippen molar-refractivity contribution in [1.29, 1.82) is 0 Å². The van der Waals surface area contributed by atoms with Crippen LogP contribution in [0, 0.1) is 0 Å². The third-order valence-electron chi connectivity index (χ3n) is 5.05. The van der Waals surface area contributed by atoms with Crippen LogP contribution < -0.4 is 16.0 Å². The number of hydrogen-bond acceptors (Lipinski definition) is 5. The van der Waals surface area contributed by atoms with E-state index in [1.807, 2.05) is 18.2 Å². The molecule has 0 spiro atoms. The molecule has 0 aliphatic rings. The number of hydrogen-bond donors (Lipinski definition) is 0. The maximum atomic E-state index is 12.7. The summed E-state index contributed by atoms with van der Waals surface area (Å²) < 4.78 is 16.6. The highest BCUT2D eigenvalue weighted by Gasteiger charge is 2.15. The third kappa shape index (κ3) is 3.88. The first kappa shape index (κ1) is 20.4. The zero-order valence-corrected chi connectivity index (χ0v) is 17.9. The van der Waals surface area contributed by atoms with E-state index in [1.165, 1.54) is 6.07 Å². The van der Waals surface area contributed by atoms with Crippen LogP contribution in [0.2, 0.25) is 10.0 Å². The highest BCUT2D eigenvalue weighted by molar-refractivity contribution is 6.31. The average molecular weight is 465 g/mol. The van der Waals surface area contributed by atoms with Crippen LogP contribution in [-0.2, 0) is 6.61 Å². The van der Waals surface area contributed by atoms with Gasteiger partial charge in [-0.15, -0.1) is 0 Å². The van der Waals surface area contributed by atoms with Crippen molar-refractivity contribution in [3.8, 4) is 16.9 Å². The molecule has 5 rings (SSSR count). The van der Waals surface area contributed by atoms with Gasteiger partial charge in [-0.2, -0.15) is 0 Å². The fourth-order valence-corrected chi connectivity index (χ4v) is 3.89. The number of rotatable bonds is 4. The van der Waals surface area contributed by atoms with E-state index in [0.29, 0.717) is 37.7 Å². The smallest absolute Gasteiger partial charge is 0.344 e. The second kappa shape index (κ2) is 8.19. The molecule has 0 fully saturated rings. The van der Waals surface area contributed by atoms with Crippen molar-refractivity contribution >= 4 is 45.1 Å². The van der Waals surface area contributed by atoms with Crippen LogP contribution in [0.4, 0.5) is 0 Å². The Morgan fingerprint density at radius 1 is 0.781 bits per heavy atom. The molecule has 0 unspecified atom stereocenters. The van der Waals surface area contributed by atoms with Gasteiger partial charge < -0.3 is 13.6 Å². The maximum absolute atomic E-state index is 12.7. The van der Waals surface area contributed by atoms with E-state index in [2.05, 4.69) is 0 Å². The molecule has 0 saturated heterocycles. The lowest BCUT2D eigenvalue weighted by atomic mass is 10.0. The van der Waals surface area contributed by atoms with Crippen molar-refractivity contribution in [3.63, 3.8) is 0 Å². The van der Waals surface area contributed by atoms with E-state index >= 15 is 0 Å². The van der Waals surface area contributed by atoms with E-state index in [1.54, 1.807) is 48.5 Å². The maximum Gasteiger partial charge on any atom is 0.344 e. The van der Waals surface area contributed by atoms with Gasteiger partial charge in [0.05, 0.1) is 5.56 Å². The standard InChI is InChI=1S/C25H14Cl2O5/c26-16-5-8-22-15(9-16)10-20(25(29)32-22)19-12-24(28)31-23-11-17(6-7-18(19)23)30-13-14-3-1-2-4-21(14)27/h1-12H,13H2. The van der Waals surface area contributed by atoms with Crippen LogP contribution in [0.25, 0.3) is 33.1 Å². The van der Waals surface area contributed by atoms with Gasteiger partial charge in [0.15, 0.2) is 0 Å². The molecule has 5 aromatic rings. The zero-order chi connectivity index (χ0) is 22.2. The summed E-state index contributed by atoms with van der Waals surface area (Å²) >= 11 is 12.2. The Kier molecular flexibility index (Phi) is 5.21. The minimum Gasteiger partial charge on any atom is -0.489 e. The normalized spacial score (nSPS) is 11.2. The molecule has 0 aliphatic carbocycles. The monoisotopic (exact) mass is 464 g/mol.